The van der Waals surface area contributed by atoms with Gasteiger partial charge in [-0.1, -0.05) is 35.3 Å². The highest BCUT2D eigenvalue weighted by atomic mass is 35.5. The van der Waals surface area contributed by atoms with Crippen LogP contribution < -0.4 is 5.73 Å². The molecule has 0 amide bonds. The molecule has 0 bridgehead atoms. The predicted octanol–water partition coefficient (Wildman–Crippen LogP) is 3.85. The van der Waals surface area contributed by atoms with Gasteiger partial charge < -0.3 is 5.73 Å². The van der Waals surface area contributed by atoms with Gasteiger partial charge in [0.25, 0.3) is 0 Å². The van der Waals surface area contributed by atoms with E-state index in [4.69, 9.17) is 28.9 Å². The summed E-state index contributed by atoms with van der Waals surface area (Å²) in [6, 6.07) is 5.74. The number of nitrogens with two attached hydrogens (primary N) is 1. The van der Waals surface area contributed by atoms with Gasteiger partial charge in [0.2, 0.25) is 0 Å². The Kier molecular flexibility index (Phi) is 5.31. The van der Waals surface area contributed by atoms with Gasteiger partial charge in [0.15, 0.2) is 0 Å². The smallest absolute Gasteiger partial charge is 0.0628 e. The van der Waals surface area contributed by atoms with Gasteiger partial charge in [0.05, 0.1) is 15.7 Å². The zero-order valence-electron chi connectivity index (χ0n) is 12.7. The number of halogens is 2. The molecule has 2 N–H and O–H groups in total. The minimum absolute atomic E-state index is 0.0555. The van der Waals surface area contributed by atoms with Crippen LogP contribution in [0.2, 0.25) is 10.0 Å². The Morgan fingerprint density at radius 1 is 1.29 bits per heavy atom. The molecule has 0 aliphatic rings. The maximum absolute atomic E-state index is 6.25. The number of rotatable bonds is 5. The van der Waals surface area contributed by atoms with Crippen LogP contribution in [-0.4, -0.2) is 15.8 Å². The molecular weight excluding hydrogens is 305 g/mol. The minimum atomic E-state index is 0.0555. The molecule has 0 aliphatic heterocycles. The Balaban J connectivity index is 1.99. The van der Waals surface area contributed by atoms with E-state index in [1.807, 2.05) is 30.8 Å². The summed E-state index contributed by atoms with van der Waals surface area (Å²) >= 11 is 12.2. The van der Waals surface area contributed by atoms with Crippen LogP contribution in [0.25, 0.3) is 0 Å². The van der Waals surface area contributed by atoms with Gasteiger partial charge in [-0.3, -0.25) is 4.68 Å². The average Bonchev–Trinajstić information content (AvgIpc) is 2.67. The molecule has 5 heteroatoms. The minimum Gasteiger partial charge on any atom is -0.327 e. The van der Waals surface area contributed by atoms with Crippen molar-refractivity contribution in [2.24, 2.45) is 12.8 Å². The molecule has 0 fully saturated rings. The number of hydrogen-bond donors (Lipinski definition) is 1. The molecule has 0 spiro atoms. The standard InChI is InChI=1S/C16H21Cl2N3/c1-10-14(11(2)21(3)20-10)8-7-13(19)9-12-5-4-6-15(17)16(12)18/h4-6,13H,7-9,19H2,1-3H3. The molecule has 1 heterocycles. The highest BCUT2D eigenvalue weighted by molar-refractivity contribution is 6.42. The molecule has 1 aromatic heterocycles. The van der Waals surface area contributed by atoms with Crippen LogP contribution in [0.15, 0.2) is 18.2 Å². The van der Waals surface area contributed by atoms with E-state index in [1.54, 1.807) is 6.07 Å². The largest absolute Gasteiger partial charge is 0.327 e. The fraction of sp³-hybridized carbons (Fsp3) is 0.438. The van der Waals surface area contributed by atoms with Crippen LogP contribution in [0.1, 0.15) is 28.9 Å². The van der Waals surface area contributed by atoms with Crippen molar-refractivity contribution in [2.45, 2.75) is 39.2 Å². The lowest BCUT2D eigenvalue weighted by atomic mass is 9.99. The molecule has 0 aliphatic carbocycles. The number of aromatic nitrogens is 2. The summed E-state index contributed by atoms with van der Waals surface area (Å²) in [6.45, 7) is 4.14. The van der Waals surface area contributed by atoms with Crippen molar-refractivity contribution < 1.29 is 0 Å². The van der Waals surface area contributed by atoms with Gasteiger partial charge >= 0.3 is 0 Å². The summed E-state index contributed by atoms with van der Waals surface area (Å²) in [5, 5.41) is 5.63. The molecule has 0 radical (unpaired) electrons. The molecule has 2 rings (SSSR count). The summed E-state index contributed by atoms with van der Waals surface area (Å²) in [7, 11) is 1.97. The predicted molar refractivity (Wildman–Crippen MR) is 89.1 cm³/mol. The van der Waals surface area contributed by atoms with Crippen LogP contribution in [0, 0.1) is 13.8 Å². The lowest BCUT2D eigenvalue weighted by Crippen LogP contribution is -2.23. The number of nitrogens with zero attached hydrogens (tertiary/aromatic N) is 2. The Labute approximate surface area is 136 Å². The Hall–Kier alpha value is -1.03. The first-order chi connectivity index (χ1) is 9.90. The maximum Gasteiger partial charge on any atom is 0.0628 e. The lowest BCUT2D eigenvalue weighted by Gasteiger charge is -2.13. The van der Waals surface area contributed by atoms with Crippen LogP contribution in [0.5, 0.6) is 0 Å². The van der Waals surface area contributed by atoms with Gasteiger partial charge in [-0.25, -0.2) is 0 Å². The highest BCUT2D eigenvalue weighted by Gasteiger charge is 2.13. The molecule has 2 aromatic rings. The van der Waals surface area contributed by atoms with Crippen molar-refractivity contribution in [3.63, 3.8) is 0 Å². The van der Waals surface area contributed by atoms with Crippen molar-refractivity contribution in [3.8, 4) is 0 Å². The summed E-state index contributed by atoms with van der Waals surface area (Å²) in [5.41, 5.74) is 10.9. The third-order valence-electron chi connectivity index (χ3n) is 3.94. The average molecular weight is 326 g/mol. The molecule has 1 unspecified atom stereocenters. The van der Waals surface area contributed by atoms with Crippen LogP contribution in [0.3, 0.4) is 0 Å². The normalized spacial score (nSPS) is 12.7. The quantitative estimate of drug-likeness (QED) is 0.907. The Bertz CT molecular complexity index is 635. The van der Waals surface area contributed by atoms with Gasteiger partial charge in [0.1, 0.15) is 0 Å². The van der Waals surface area contributed by atoms with Gasteiger partial charge in [-0.05, 0) is 50.3 Å². The van der Waals surface area contributed by atoms with Gasteiger partial charge in [0, 0.05) is 18.8 Å². The molecule has 0 saturated heterocycles. The third-order valence-corrected chi connectivity index (χ3v) is 4.80. The maximum atomic E-state index is 6.25. The van der Waals surface area contributed by atoms with Crippen molar-refractivity contribution >= 4 is 23.2 Å². The summed E-state index contributed by atoms with van der Waals surface area (Å²) in [6.07, 6.45) is 2.57. The molecule has 0 saturated carbocycles. The van der Waals surface area contributed by atoms with Crippen molar-refractivity contribution in [1.82, 2.24) is 9.78 Å². The monoisotopic (exact) mass is 325 g/mol. The summed E-state index contributed by atoms with van der Waals surface area (Å²) < 4.78 is 1.92. The molecule has 1 aromatic carbocycles. The SMILES string of the molecule is Cc1nn(C)c(C)c1CCC(N)Cc1cccc(Cl)c1Cl. The van der Waals surface area contributed by atoms with Crippen LogP contribution in [-0.2, 0) is 19.9 Å². The molecule has 1 atom stereocenters. The summed E-state index contributed by atoms with van der Waals surface area (Å²) in [4.78, 5) is 0. The first-order valence-corrected chi connectivity index (χ1v) is 7.83. The number of hydrogen-bond acceptors (Lipinski definition) is 2. The third kappa shape index (κ3) is 3.79. The fourth-order valence-electron chi connectivity index (χ4n) is 2.60. The van der Waals surface area contributed by atoms with E-state index in [2.05, 4.69) is 12.0 Å². The highest BCUT2D eigenvalue weighted by Crippen LogP contribution is 2.26. The van der Waals surface area contributed by atoms with Gasteiger partial charge in [-0.15, -0.1) is 0 Å². The molecular formula is C16H21Cl2N3. The molecule has 114 valence electrons. The van der Waals surface area contributed by atoms with E-state index in [0.717, 1.165) is 30.5 Å². The topological polar surface area (TPSA) is 43.8 Å². The van der Waals surface area contributed by atoms with Crippen molar-refractivity contribution in [2.75, 3.05) is 0 Å². The number of benzene rings is 1. The van der Waals surface area contributed by atoms with Crippen molar-refractivity contribution in [1.29, 1.82) is 0 Å². The second kappa shape index (κ2) is 6.82. The first-order valence-electron chi connectivity index (χ1n) is 7.07. The lowest BCUT2D eigenvalue weighted by molar-refractivity contribution is 0.608. The first kappa shape index (κ1) is 16.3. The Morgan fingerprint density at radius 2 is 2.00 bits per heavy atom. The van der Waals surface area contributed by atoms with E-state index < -0.39 is 0 Å². The van der Waals surface area contributed by atoms with Gasteiger partial charge in [-0.2, -0.15) is 5.10 Å². The van der Waals surface area contributed by atoms with E-state index in [9.17, 15) is 0 Å². The zero-order valence-corrected chi connectivity index (χ0v) is 14.2. The van der Waals surface area contributed by atoms with Crippen LogP contribution >= 0.6 is 23.2 Å². The number of aryl methyl sites for hydroxylation is 2. The second-order valence-electron chi connectivity index (χ2n) is 5.49. The van der Waals surface area contributed by atoms with E-state index in [1.165, 1.54) is 11.3 Å². The van der Waals surface area contributed by atoms with E-state index in [0.29, 0.717) is 10.0 Å². The zero-order chi connectivity index (χ0) is 15.6. The fourth-order valence-corrected chi connectivity index (χ4v) is 3.00. The van der Waals surface area contributed by atoms with Crippen LogP contribution in [0.4, 0.5) is 0 Å². The van der Waals surface area contributed by atoms with Crippen molar-refractivity contribution in [3.05, 3.63) is 50.8 Å². The van der Waals surface area contributed by atoms with E-state index >= 15 is 0 Å². The summed E-state index contributed by atoms with van der Waals surface area (Å²) in [5.74, 6) is 0. The second-order valence-corrected chi connectivity index (χ2v) is 6.27. The Morgan fingerprint density at radius 3 is 2.62 bits per heavy atom. The van der Waals surface area contributed by atoms with E-state index in [-0.39, 0.29) is 6.04 Å². The molecule has 3 nitrogen and oxygen atoms in total. The molecule has 21 heavy (non-hydrogen) atoms.